The lowest BCUT2D eigenvalue weighted by Gasteiger charge is -2.12. The van der Waals surface area contributed by atoms with Gasteiger partial charge in [-0.05, 0) is 42.8 Å². The van der Waals surface area contributed by atoms with Gasteiger partial charge in [0, 0.05) is 17.2 Å². The quantitative estimate of drug-likeness (QED) is 0.700. The van der Waals surface area contributed by atoms with Crippen LogP contribution in [-0.4, -0.2) is 30.3 Å². The monoisotopic (exact) mass is 387 g/mol. The number of hydrogen-bond donors (Lipinski definition) is 1. The van der Waals surface area contributed by atoms with Crippen LogP contribution in [0.25, 0.3) is 11.1 Å². The van der Waals surface area contributed by atoms with Gasteiger partial charge >= 0.3 is 0 Å². The summed E-state index contributed by atoms with van der Waals surface area (Å²) in [6, 6.07) is 9.39. The number of nitrogens with zero attached hydrogens (tertiary/aromatic N) is 2. The van der Waals surface area contributed by atoms with Crippen molar-refractivity contribution < 1.29 is 18.7 Å². The van der Waals surface area contributed by atoms with Gasteiger partial charge in [0.15, 0.2) is 0 Å². The Labute approximate surface area is 160 Å². The minimum atomic E-state index is -0.512. The number of hydrogen-bond acceptors (Lipinski definition) is 6. The van der Waals surface area contributed by atoms with Crippen molar-refractivity contribution >= 4 is 17.2 Å². The van der Waals surface area contributed by atoms with Crippen molar-refractivity contribution in [3.05, 3.63) is 57.8 Å². The molecule has 27 heavy (non-hydrogen) atoms. The number of methoxy groups -OCH3 is 2. The van der Waals surface area contributed by atoms with E-state index in [1.807, 2.05) is 6.92 Å². The van der Waals surface area contributed by atoms with Crippen LogP contribution in [-0.2, 0) is 6.54 Å². The smallest absolute Gasteiger partial charge is 0.251 e. The van der Waals surface area contributed by atoms with Crippen molar-refractivity contribution in [3.8, 4) is 22.6 Å². The molecule has 0 unspecified atom stereocenters. The lowest BCUT2D eigenvalue weighted by atomic mass is 10.0. The van der Waals surface area contributed by atoms with Crippen LogP contribution in [0.4, 0.5) is 4.39 Å². The van der Waals surface area contributed by atoms with E-state index in [0.717, 1.165) is 5.01 Å². The molecule has 0 aliphatic heterocycles. The van der Waals surface area contributed by atoms with E-state index in [9.17, 15) is 9.18 Å². The van der Waals surface area contributed by atoms with Crippen molar-refractivity contribution in [2.45, 2.75) is 13.5 Å². The molecule has 1 aromatic heterocycles. The molecule has 0 atom stereocenters. The van der Waals surface area contributed by atoms with Gasteiger partial charge in [-0.3, -0.25) is 4.79 Å². The fourth-order valence-electron chi connectivity index (χ4n) is 2.58. The van der Waals surface area contributed by atoms with Gasteiger partial charge in [0.2, 0.25) is 0 Å². The third kappa shape index (κ3) is 4.40. The Kier molecular flexibility index (Phi) is 5.66. The van der Waals surface area contributed by atoms with Crippen molar-refractivity contribution in [1.82, 2.24) is 15.5 Å². The Bertz CT molecular complexity index is 975. The molecule has 2 aromatic carbocycles. The van der Waals surface area contributed by atoms with Crippen LogP contribution in [0.15, 0.2) is 36.4 Å². The highest BCUT2D eigenvalue weighted by molar-refractivity contribution is 7.11. The van der Waals surface area contributed by atoms with Crippen molar-refractivity contribution in [2.75, 3.05) is 14.2 Å². The molecule has 3 rings (SSSR count). The molecular formula is C19H18FN3O3S. The van der Waals surface area contributed by atoms with E-state index >= 15 is 0 Å². The molecule has 0 fully saturated rings. The molecule has 0 saturated carbocycles. The summed E-state index contributed by atoms with van der Waals surface area (Å²) in [5, 5.41) is 12.1. The van der Waals surface area contributed by atoms with Crippen LogP contribution in [0.5, 0.6) is 11.5 Å². The van der Waals surface area contributed by atoms with E-state index in [4.69, 9.17) is 9.47 Å². The van der Waals surface area contributed by atoms with Crippen LogP contribution < -0.4 is 14.8 Å². The predicted molar refractivity (Wildman–Crippen MR) is 101 cm³/mol. The van der Waals surface area contributed by atoms with E-state index in [2.05, 4.69) is 15.5 Å². The highest BCUT2D eigenvalue weighted by atomic mass is 32.1. The molecule has 6 nitrogen and oxygen atoms in total. The average molecular weight is 387 g/mol. The number of ether oxygens (including phenoxy) is 2. The lowest BCUT2D eigenvalue weighted by molar-refractivity contribution is 0.0950. The molecule has 0 aliphatic carbocycles. The van der Waals surface area contributed by atoms with Gasteiger partial charge < -0.3 is 14.8 Å². The maximum Gasteiger partial charge on any atom is 0.251 e. The molecule has 8 heteroatoms. The minimum absolute atomic E-state index is 0.212. The summed E-state index contributed by atoms with van der Waals surface area (Å²) in [5.74, 6) is 0.242. The zero-order valence-corrected chi connectivity index (χ0v) is 15.9. The van der Waals surface area contributed by atoms with E-state index in [0.29, 0.717) is 27.6 Å². The Hall–Kier alpha value is -3.00. The van der Waals surface area contributed by atoms with Crippen LogP contribution in [0.1, 0.15) is 20.4 Å². The fraction of sp³-hybridized carbons (Fsp3) is 0.211. The first kappa shape index (κ1) is 18.8. The first-order valence-corrected chi connectivity index (χ1v) is 8.92. The molecule has 0 spiro atoms. The molecular weight excluding hydrogens is 369 g/mol. The number of carbonyl (C=O) groups excluding carboxylic acids is 1. The Morgan fingerprint density at radius 1 is 1.15 bits per heavy atom. The van der Waals surface area contributed by atoms with Gasteiger partial charge in [-0.25, -0.2) is 4.39 Å². The first-order valence-electron chi connectivity index (χ1n) is 8.10. The standard InChI is InChI=1S/C19H18FN3O3S/c1-11-22-23-18(27-11)10-21-19(24)13-6-12(7-14(20)8-13)16-5-4-15(25-2)9-17(16)26-3/h4-9H,10H2,1-3H3,(H,21,24). The maximum atomic E-state index is 14.2. The second-order valence-corrected chi connectivity index (χ2v) is 6.96. The SMILES string of the molecule is COc1ccc(-c2cc(F)cc(C(=O)NCc3nnc(C)s3)c2)c(OC)c1. The highest BCUT2D eigenvalue weighted by Crippen LogP contribution is 2.34. The summed E-state index contributed by atoms with van der Waals surface area (Å²) in [5.41, 5.74) is 1.40. The summed E-state index contributed by atoms with van der Waals surface area (Å²) in [6.45, 7) is 2.08. The largest absolute Gasteiger partial charge is 0.497 e. The number of nitrogens with one attached hydrogen (secondary N) is 1. The van der Waals surface area contributed by atoms with E-state index < -0.39 is 11.7 Å². The Balaban J connectivity index is 1.87. The molecule has 3 aromatic rings. The van der Waals surface area contributed by atoms with Crippen molar-refractivity contribution in [1.29, 1.82) is 0 Å². The zero-order chi connectivity index (χ0) is 19.4. The topological polar surface area (TPSA) is 73.3 Å². The lowest BCUT2D eigenvalue weighted by Crippen LogP contribution is -2.23. The average Bonchev–Trinajstić information content (AvgIpc) is 3.10. The first-order chi connectivity index (χ1) is 13.0. The van der Waals surface area contributed by atoms with Gasteiger partial charge in [0.25, 0.3) is 5.91 Å². The molecule has 0 saturated heterocycles. The molecule has 1 heterocycles. The molecule has 1 amide bonds. The number of aromatic nitrogens is 2. The van der Waals surface area contributed by atoms with Gasteiger partial charge in [0.05, 0.1) is 20.8 Å². The van der Waals surface area contributed by atoms with Crippen LogP contribution in [0, 0.1) is 12.7 Å². The van der Waals surface area contributed by atoms with Crippen molar-refractivity contribution in [2.24, 2.45) is 0 Å². The molecule has 0 radical (unpaired) electrons. The van der Waals surface area contributed by atoms with Gasteiger partial charge in [-0.1, -0.05) is 11.3 Å². The van der Waals surface area contributed by atoms with Gasteiger partial charge in [0.1, 0.15) is 27.3 Å². The number of halogens is 1. The fourth-order valence-corrected chi connectivity index (χ4v) is 3.23. The molecule has 0 aliphatic rings. The summed E-state index contributed by atoms with van der Waals surface area (Å²) < 4.78 is 24.7. The number of rotatable bonds is 6. The second kappa shape index (κ2) is 8.13. The Morgan fingerprint density at radius 2 is 1.96 bits per heavy atom. The third-order valence-electron chi connectivity index (χ3n) is 3.85. The highest BCUT2D eigenvalue weighted by Gasteiger charge is 2.14. The molecule has 0 bridgehead atoms. The number of aryl methyl sites for hydroxylation is 1. The molecule has 140 valence electrons. The van der Waals surface area contributed by atoms with Crippen LogP contribution in [0.2, 0.25) is 0 Å². The summed E-state index contributed by atoms with van der Waals surface area (Å²) >= 11 is 1.40. The number of carbonyl (C=O) groups is 1. The van der Waals surface area contributed by atoms with Crippen LogP contribution >= 0.6 is 11.3 Å². The number of amides is 1. The summed E-state index contributed by atoms with van der Waals surface area (Å²) in [4.78, 5) is 12.4. The zero-order valence-electron chi connectivity index (χ0n) is 15.1. The van der Waals surface area contributed by atoms with Gasteiger partial charge in [-0.15, -0.1) is 10.2 Å². The van der Waals surface area contributed by atoms with E-state index in [-0.39, 0.29) is 12.1 Å². The second-order valence-electron chi connectivity index (χ2n) is 5.69. The van der Waals surface area contributed by atoms with Crippen molar-refractivity contribution in [3.63, 3.8) is 0 Å². The Morgan fingerprint density at radius 3 is 2.63 bits per heavy atom. The summed E-state index contributed by atoms with van der Waals surface area (Å²) in [6.07, 6.45) is 0. The van der Waals surface area contributed by atoms with E-state index in [1.54, 1.807) is 31.4 Å². The number of benzene rings is 2. The summed E-state index contributed by atoms with van der Waals surface area (Å²) in [7, 11) is 3.08. The van der Waals surface area contributed by atoms with Gasteiger partial charge in [-0.2, -0.15) is 0 Å². The van der Waals surface area contributed by atoms with E-state index in [1.165, 1.54) is 30.6 Å². The third-order valence-corrected chi connectivity index (χ3v) is 4.69. The predicted octanol–water partition coefficient (Wildman–Crippen LogP) is 3.60. The maximum absolute atomic E-state index is 14.2. The minimum Gasteiger partial charge on any atom is -0.497 e. The normalized spacial score (nSPS) is 10.5. The van der Waals surface area contributed by atoms with Crippen LogP contribution in [0.3, 0.4) is 0 Å². The molecule has 1 N–H and O–H groups in total.